The fraction of sp³-hybridized carbons (Fsp3) is 0.909. The lowest BCUT2D eigenvalue weighted by molar-refractivity contribution is -0.870. The number of phosphoric acid groups is 1. The van der Waals surface area contributed by atoms with Gasteiger partial charge in [-0.15, -0.1) is 0 Å². The summed E-state index contributed by atoms with van der Waals surface area (Å²) in [7, 11) is 1.58. The van der Waals surface area contributed by atoms with Crippen molar-refractivity contribution < 1.29 is 32.9 Å². The normalized spacial score (nSPS) is 14.2. The summed E-state index contributed by atoms with van der Waals surface area (Å²) in [4.78, 5) is 23.2. The van der Waals surface area contributed by atoms with Gasteiger partial charge in [0.2, 0.25) is 5.91 Å². The topological polar surface area (TPSA) is 105 Å². The highest BCUT2D eigenvalue weighted by Gasteiger charge is 2.27. The Morgan fingerprint density at radius 3 is 1.20 bits per heavy atom. The number of unbranched alkanes of at least 4 members (excludes halogenated alkanes) is 36. The van der Waals surface area contributed by atoms with Gasteiger partial charge < -0.3 is 19.8 Å². The summed E-state index contributed by atoms with van der Waals surface area (Å²) in [6, 6.07) is -0.849. The van der Waals surface area contributed by atoms with Crippen molar-refractivity contribution in [2.24, 2.45) is 0 Å². The van der Waals surface area contributed by atoms with Crippen LogP contribution >= 0.6 is 7.82 Å². The second-order valence-electron chi connectivity index (χ2n) is 20.3. The highest BCUT2D eigenvalue weighted by Crippen LogP contribution is 2.43. The zero-order chi connectivity index (χ0) is 47.1. The van der Waals surface area contributed by atoms with E-state index in [9.17, 15) is 19.4 Å². The fourth-order valence-electron chi connectivity index (χ4n) is 8.27. The lowest BCUT2D eigenvalue weighted by Gasteiger charge is -2.25. The third-order valence-corrected chi connectivity index (χ3v) is 13.6. The molecule has 0 bridgehead atoms. The number of hydrogen-bond donors (Lipinski definition) is 3. The molecule has 8 nitrogen and oxygen atoms in total. The Kier molecular flexibility index (Phi) is 46.3. The van der Waals surface area contributed by atoms with E-state index in [1.807, 2.05) is 27.2 Å². The molecule has 0 rings (SSSR count). The lowest BCUT2D eigenvalue weighted by Crippen LogP contribution is -2.45. The first-order valence-electron chi connectivity index (χ1n) is 27.7. The number of aliphatic hydroxyl groups excluding tert-OH is 1. The lowest BCUT2D eigenvalue weighted by atomic mass is 10.0. The van der Waals surface area contributed by atoms with Gasteiger partial charge in [-0.2, -0.15) is 0 Å². The van der Waals surface area contributed by atoms with Crippen molar-refractivity contribution >= 4 is 13.7 Å². The van der Waals surface area contributed by atoms with Gasteiger partial charge in [-0.05, 0) is 44.9 Å². The first kappa shape index (κ1) is 63.0. The minimum absolute atomic E-state index is 0.0613. The monoisotopic (exact) mass is 926 g/mol. The van der Waals surface area contributed by atoms with E-state index in [1.165, 1.54) is 199 Å². The van der Waals surface area contributed by atoms with Crippen LogP contribution in [0.4, 0.5) is 0 Å². The summed E-state index contributed by atoms with van der Waals surface area (Å²) < 4.78 is 23.7. The maximum atomic E-state index is 12.9. The number of nitrogens with zero attached hydrogens (tertiary/aromatic N) is 1. The van der Waals surface area contributed by atoms with Crippen LogP contribution in [0.5, 0.6) is 0 Å². The van der Waals surface area contributed by atoms with Gasteiger partial charge in [-0.3, -0.25) is 13.8 Å². The number of carbonyl (C=O) groups excluding carboxylic acids is 1. The van der Waals surface area contributed by atoms with Crippen LogP contribution in [0.25, 0.3) is 0 Å². The Labute approximate surface area is 398 Å². The van der Waals surface area contributed by atoms with Gasteiger partial charge >= 0.3 is 7.82 Å². The first-order chi connectivity index (χ1) is 31.0. The molecule has 0 aliphatic rings. The van der Waals surface area contributed by atoms with Gasteiger partial charge in [0, 0.05) is 6.42 Å². The Morgan fingerprint density at radius 1 is 0.516 bits per heavy atom. The molecule has 3 atom stereocenters. The fourth-order valence-corrected chi connectivity index (χ4v) is 9.01. The van der Waals surface area contributed by atoms with Crippen molar-refractivity contribution in [2.75, 3.05) is 40.9 Å². The van der Waals surface area contributed by atoms with Crippen molar-refractivity contribution in [1.82, 2.24) is 5.32 Å². The minimum Gasteiger partial charge on any atom is -0.387 e. The number of allylic oxidation sites excluding steroid dienone is 3. The van der Waals surface area contributed by atoms with E-state index in [1.54, 1.807) is 6.08 Å². The molecule has 3 N–H and O–H groups in total. The molecular formula is C55H110N2O6P+. The molecule has 0 spiro atoms. The van der Waals surface area contributed by atoms with Crippen molar-refractivity contribution in [3.05, 3.63) is 24.3 Å². The van der Waals surface area contributed by atoms with Crippen molar-refractivity contribution in [1.29, 1.82) is 0 Å². The van der Waals surface area contributed by atoms with Crippen molar-refractivity contribution in [3.8, 4) is 0 Å². The molecule has 0 fully saturated rings. The number of phosphoric ester groups is 1. The van der Waals surface area contributed by atoms with Gasteiger partial charge in [0.1, 0.15) is 13.2 Å². The Hall–Kier alpha value is -1.02. The summed E-state index contributed by atoms with van der Waals surface area (Å²) in [6.45, 7) is 4.83. The molecule has 0 aliphatic carbocycles. The second-order valence-corrected chi connectivity index (χ2v) is 21.8. The van der Waals surface area contributed by atoms with Crippen molar-refractivity contribution in [2.45, 2.75) is 283 Å². The van der Waals surface area contributed by atoms with Crippen LogP contribution in [0.1, 0.15) is 271 Å². The molecule has 64 heavy (non-hydrogen) atoms. The average Bonchev–Trinajstić information content (AvgIpc) is 3.25. The number of aliphatic hydroxyl groups is 1. The van der Waals surface area contributed by atoms with Gasteiger partial charge in [0.05, 0.1) is 39.9 Å². The molecule has 3 unspecified atom stereocenters. The standard InChI is InChI=1S/C55H109N2O6P/c1-6-8-10-12-14-16-18-20-22-23-24-25-26-27-28-29-30-31-32-33-34-35-36-38-40-42-44-46-48-54(58)53(52-63-64(60,61)62-51-50-57(3,4)5)56-55(59)49-47-45-43-41-39-37-21-19-17-15-13-11-9-7-2/h19,21,46,48,53-54,58H,6-18,20,22-45,47,49-52H2,1-5H3,(H-,56,59,60,61)/p+1/b21-19-,48-46+. The molecule has 0 aliphatic heterocycles. The quantitative estimate of drug-likeness (QED) is 0.0243. The molecule has 0 saturated heterocycles. The van der Waals surface area contributed by atoms with E-state index in [0.29, 0.717) is 17.4 Å². The van der Waals surface area contributed by atoms with Crippen LogP contribution in [-0.4, -0.2) is 73.4 Å². The number of quaternary nitrogens is 1. The molecule has 0 aromatic rings. The van der Waals surface area contributed by atoms with Crippen LogP contribution in [0.3, 0.4) is 0 Å². The van der Waals surface area contributed by atoms with Gasteiger partial charge in [0.25, 0.3) is 0 Å². The predicted molar refractivity (Wildman–Crippen MR) is 277 cm³/mol. The summed E-state index contributed by atoms with van der Waals surface area (Å²) in [6.07, 6.45) is 58.5. The van der Waals surface area contributed by atoms with E-state index < -0.39 is 20.0 Å². The summed E-state index contributed by atoms with van der Waals surface area (Å²) >= 11 is 0. The molecule has 0 saturated carbocycles. The number of hydrogen-bond acceptors (Lipinski definition) is 5. The zero-order valence-electron chi connectivity index (χ0n) is 43.3. The molecule has 0 radical (unpaired) electrons. The summed E-state index contributed by atoms with van der Waals surface area (Å²) in [5.74, 6) is -0.183. The first-order valence-corrected chi connectivity index (χ1v) is 29.2. The van der Waals surface area contributed by atoms with Crippen LogP contribution in [0, 0.1) is 0 Å². The van der Waals surface area contributed by atoms with Crippen LogP contribution in [0.2, 0.25) is 0 Å². The number of carbonyl (C=O) groups is 1. The van der Waals surface area contributed by atoms with E-state index in [4.69, 9.17) is 9.05 Å². The smallest absolute Gasteiger partial charge is 0.387 e. The third-order valence-electron chi connectivity index (χ3n) is 12.7. The van der Waals surface area contributed by atoms with Crippen molar-refractivity contribution in [3.63, 3.8) is 0 Å². The number of nitrogens with one attached hydrogen (secondary N) is 1. The highest BCUT2D eigenvalue weighted by atomic mass is 31.2. The molecule has 0 heterocycles. The Bertz CT molecular complexity index is 1090. The minimum atomic E-state index is -4.34. The van der Waals surface area contributed by atoms with Gasteiger partial charge in [-0.1, -0.05) is 244 Å². The molecule has 380 valence electrons. The SMILES string of the molecule is CCCCCCC/C=C\CCCCCCCC(=O)NC(COP(=O)(O)OCC[N+](C)(C)C)C(O)/C=C/CCCCCCCCCCCCCCCCCCCCCCCCCCCC. The predicted octanol–water partition coefficient (Wildman–Crippen LogP) is 16.4. The van der Waals surface area contributed by atoms with E-state index in [0.717, 1.165) is 51.4 Å². The van der Waals surface area contributed by atoms with Crippen LogP contribution in [0.15, 0.2) is 24.3 Å². The third kappa shape index (κ3) is 48.9. The molecule has 0 aromatic heterocycles. The average molecular weight is 926 g/mol. The zero-order valence-corrected chi connectivity index (χ0v) is 44.2. The maximum absolute atomic E-state index is 12.9. The number of rotatable bonds is 51. The van der Waals surface area contributed by atoms with E-state index in [-0.39, 0.29) is 19.1 Å². The van der Waals surface area contributed by atoms with Gasteiger partial charge in [0.15, 0.2) is 0 Å². The molecule has 9 heteroatoms. The van der Waals surface area contributed by atoms with Crippen LogP contribution < -0.4 is 5.32 Å². The molecule has 0 aromatic carbocycles. The van der Waals surface area contributed by atoms with Gasteiger partial charge in [-0.25, -0.2) is 4.57 Å². The van der Waals surface area contributed by atoms with E-state index in [2.05, 4.69) is 31.3 Å². The van der Waals surface area contributed by atoms with E-state index >= 15 is 0 Å². The second kappa shape index (κ2) is 47.1. The number of likely N-dealkylation sites (N-methyl/N-ethyl adjacent to an activating group) is 1. The summed E-state index contributed by atoms with van der Waals surface area (Å²) in [5.41, 5.74) is 0. The highest BCUT2D eigenvalue weighted by molar-refractivity contribution is 7.47. The maximum Gasteiger partial charge on any atom is 0.472 e. The molecular weight excluding hydrogens is 816 g/mol. The Morgan fingerprint density at radius 2 is 0.844 bits per heavy atom. The largest absolute Gasteiger partial charge is 0.472 e. The van der Waals surface area contributed by atoms with Crippen LogP contribution in [-0.2, 0) is 18.4 Å². The summed E-state index contributed by atoms with van der Waals surface area (Å²) in [5, 5.41) is 13.9. The molecule has 1 amide bonds. The Balaban J connectivity index is 4.14. The number of amides is 1.